The van der Waals surface area contributed by atoms with Crippen molar-refractivity contribution in [2.45, 2.75) is 13.0 Å². The lowest BCUT2D eigenvalue weighted by Gasteiger charge is -2.07. The van der Waals surface area contributed by atoms with Gasteiger partial charge in [-0.2, -0.15) is 13.2 Å². The molecule has 66 valence electrons. The van der Waals surface area contributed by atoms with Gasteiger partial charge in [0, 0.05) is 10.2 Å². The molecule has 0 bridgehead atoms. The largest absolute Gasteiger partial charge is 0.431 e. The topological polar surface area (TPSA) is 32.9 Å². The molecule has 0 aliphatic carbocycles. The third-order valence-electron chi connectivity index (χ3n) is 1.20. The SMILES string of the molecule is [2H]C([2H])([2H])c1ccc(=O)[nH]c1C(F)(F)F. The molecule has 0 atom stereocenters. The Balaban J connectivity index is 3.48. The van der Waals surface area contributed by atoms with E-state index < -0.39 is 29.8 Å². The first kappa shape index (κ1) is 5.40. The molecule has 0 fully saturated rings. The second-order valence-electron chi connectivity index (χ2n) is 2.11. The van der Waals surface area contributed by atoms with E-state index in [0.29, 0.717) is 6.07 Å². The number of rotatable bonds is 0. The van der Waals surface area contributed by atoms with E-state index in [-0.39, 0.29) is 0 Å². The number of H-pyrrole nitrogens is 1. The van der Waals surface area contributed by atoms with E-state index in [1.807, 2.05) is 0 Å². The summed E-state index contributed by atoms with van der Waals surface area (Å²) < 4.78 is 57.6. The van der Waals surface area contributed by atoms with Gasteiger partial charge in [0.25, 0.3) is 0 Å². The van der Waals surface area contributed by atoms with Crippen molar-refractivity contribution in [1.82, 2.24) is 4.98 Å². The molecule has 1 aromatic rings. The summed E-state index contributed by atoms with van der Waals surface area (Å²) in [5.74, 6) is 0. The molecule has 12 heavy (non-hydrogen) atoms. The minimum absolute atomic E-state index is 0.661. The van der Waals surface area contributed by atoms with E-state index in [0.717, 1.165) is 6.07 Å². The molecule has 5 heteroatoms. The number of aromatic nitrogens is 1. The Morgan fingerprint density at radius 1 is 1.50 bits per heavy atom. The zero-order chi connectivity index (χ0) is 11.9. The molecule has 1 aromatic heterocycles. The minimum Gasteiger partial charge on any atom is -0.318 e. The van der Waals surface area contributed by atoms with Crippen LogP contribution < -0.4 is 5.56 Å². The van der Waals surface area contributed by atoms with Gasteiger partial charge in [-0.15, -0.1) is 0 Å². The molecule has 1 rings (SSSR count). The summed E-state index contributed by atoms with van der Waals surface area (Å²) in [6.45, 7) is -2.91. The van der Waals surface area contributed by atoms with Gasteiger partial charge in [0.1, 0.15) is 5.69 Å². The lowest BCUT2D eigenvalue weighted by atomic mass is 10.2. The van der Waals surface area contributed by atoms with Gasteiger partial charge < -0.3 is 4.98 Å². The number of alkyl halides is 3. The second kappa shape index (κ2) is 2.66. The van der Waals surface area contributed by atoms with Crippen LogP contribution in [0.3, 0.4) is 0 Å². The third-order valence-corrected chi connectivity index (χ3v) is 1.20. The van der Waals surface area contributed by atoms with Crippen LogP contribution in [0, 0.1) is 6.85 Å². The van der Waals surface area contributed by atoms with E-state index in [4.69, 9.17) is 4.11 Å². The molecule has 0 aliphatic heterocycles. The molecule has 2 nitrogen and oxygen atoms in total. The summed E-state index contributed by atoms with van der Waals surface area (Å²) in [7, 11) is 0. The van der Waals surface area contributed by atoms with Crippen LogP contribution in [0.15, 0.2) is 16.9 Å². The normalized spacial score (nSPS) is 16.4. The van der Waals surface area contributed by atoms with Crippen molar-refractivity contribution < 1.29 is 17.3 Å². The number of aromatic amines is 1. The predicted octanol–water partition coefficient (Wildman–Crippen LogP) is 1.70. The summed E-state index contributed by atoms with van der Waals surface area (Å²) in [5.41, 5.74) is -3.42. The molecule has 0 aromatic carbocycles. The third kappa shape index (κ3) is 1.66. The van der Waals surface area contributed by atoms with Gasteiger partial charge in [-0.3, -0.25) is 4.79 Å². The summed E-state index contributed by atoms with van der Waals surface area (Å²) in [4.78, 5) is 12.2. The summed E-state index contributed by atoms with van der Waals surface area (Å²) in [6, 6.07) is 1.41. The smallest absolute Gasteiger partial charge is 0.318 e. The van der Waals surface area contributed by atoms with Gasteiger partial charge in [-0.25, -0.2) is 0 Å². The van der Waals surface area contributed by atoms with Gasteiger partial charge in [0.15, 0.2) is 0 Å². The van der Waals surface area contributed by atoms with Gasteiger partial charge in [-0.05, 0) is 12.4 Å². The van der Waals surface area contributed by atoms with Crippen LogP contribution in [0.25, 0.3) is 0 Å². The Morgan fingerprint density at radius 2 is 2.17 bits per heavy atom. The number of pyridine rings is 1. The Morgan fingerprint density at radius 3 is 2.67 bits per heavy atom. The molecular weight excluding hydrogens is 171 g/mol. The van der Waals surface area contributed by atoms with Gasteiger partial charge in [-0.1, -0.05) is 6.07 Å². The second-order valence-corrected chi connectivity index (χ2v) is 2.11. The number of nitrogens with one attached hydrogen (secondary N) is 1. The average Bonchev–Trinajstić information content (AvgIpc) is 2.00. The van der Waals surface area contributed by atoms with Crippen molar-refractivity contribution in [3.05, 3.63) is 33.7 Å². The van der Waals surface area contributed by atoms with E-state index in [1.165, 1.54) is 4.98 Å². The number of aryl methyl sites for hydroxylation is 1. The van der Waals surface area contributed by atoms with E-state index in [1.54, 1.807) is 0 Å². The lowest BCUT2D eigenvalue weighted by Crippen LogP contribution is -2.17. The van der Waals surface area contributed by atoms with Crippen LogP contribution in [0.1, 0.15) is 15.4 Å². The molecule has 1 heterocycles. The number of hydrogen-bond donors (Lipinski definition) is 1. The van der Waals surface area contributed by atoms with Crippen LogP contribution in [0.5, 0.6) is 0 Å². The molecule has 0 saturated heterocycles. The maximum atomic E-state index is 12.3. The molecule has 0 spiro atoms. The minimum atomic E-state index is -4.88. The Labute approximate surface area is 70.3 Å². The summed E-state index contributed by atoms with van der Waals surface area (Å²) >= 11 is 0. The molecular formula is C7H6F3NO. The maximum absolute atomic E-state index is 12.3. The zero-order valence-corrected chi connectivity index (χ0v) is 5.70. The van der Waals surface area contributed by atoms with Gasteiger partial charge in [0.2, 0.25) is 5.56 Å². The van der Waals surface area contributed by atoms with Crippen LogP contribution in [0.4, 0.5) is 13.2 Å². The van der Waals surface area contributed by atoms with Crippen molar-refractivity contribution in [2.75, 3.05) is 0 Å². The molecule has 0 amide bonds. The fourth-order valence-electron chi connectivity index (χ4n) is 0.698. The van der Waals surface area contributed by atoms with Crippen molar-refractivity contribution in [2.24, 2.45) is 0 Å². The predicted molar refractivity (Wildman–Crippen MR) is 36.8 cm³/mol. The molecule has 0 saturated carbocycles. The Kier molecular flexibility index (Phi) is 1.19. The zero-order valence-electron chi connectivity index (χ0n) is 8.70. The first-order chi connectivity index (χ1) is 6.62. The highest BCUT2D eigenvalue weighted by Crippen LogP contribution is 2.28. The van der Waals surface area contributed by atoms with Crippen LogP contribution in [-0.2, 0) is 6.18 Å². The van der Waals surface area contributed by atoms with E-state index >= 15 is 0 Å². The number of hydrogen-bond acceptors (Lipinski definition) is 1. The van der Waals surface area contributed by atoms with Crippen molar-refractivity contribution >= 4 is 0 Å². The van der Waals surface area contributed by atoms with Crippen molar-refractivity contribution in [1.29, 1.82) is 0 Å². The van der Waals surface area contributed by atoms with Gasteiger partial charge in [0.05, 0.1) is 0 Å². The first-order valence-corrected chi connectivity index (χ1v) is 2.93. The van der Waals surface area contributed by atoms with Crippen LogP contribution in [0.2, 0.25) is 0 Å². The van der Waals surface area contributed by atoms with E-state index in [2.05, 4.69) is 0 Å². The fraction of sp³-hybridized carbons (Fsp3) is 0.286. The molecule has 0 unspecified atom stereocenters. The number of halogens is 3. The fourth-order valence-corrected chi connectivity index (χ4v) is 0.698. The van der Waals surface area contributed by atoms with Crippen molar-refractivity contribution in [3.63, 3.8) is 0 Å². The Hall–Kier alpha value is -1.26. The van der Waals surface area contributed by atoms with Crippen LogP contribution >= 0.6 is 0 Å². The highest BCUT2D eigenvalue weighted by Gasteiger charge is 2.33. The Bertz CT molecular complexity index is 421. The van der Waals surface area contributed by atoms with Crippen molar-refractivity contribution in [3.8, 4) is 0 Å². The highest BCUT2D eigenvalue weighted by atomic mass is 19.4. The van der Waals surface area contributed by atoms with E-state index in [9.17, 15) is 18.0 Å². The first-order valence-electron chi connectivity index (χ1n) is 4.43. The lowest BCUT2D eigenvalue weighted by molar-refractivity contribution is -0.141. The summed E-state index contributed by atoms with van der Waals surface area (Å²) in [5, 5.41) is 0. The maximum Gasteiger partial charge on any atom is 0.431 e. The molecule has 0 radical (unpaired) electrons. The molecule has 1 N–H and O–H groups in total. The highest BCUT2D eigenvalue weighted by molar-refractivity contribution is 5.20. The molecule has 0 aliphatic rings. The quantitative estimate of drug-likeness (QED) is 0.647. The van der Waals surface area contributed by atoms with Gasteiger partial charge >= 0.3 is 6.18 Å². The average molecular weight is 180 g/mol. The standard InChI is InChI=1S/C7H6F3NO/c1-4-2-3-5(12)11-6(4)7(8,9)10/h2-3H,1H3,(H,11,12)/i1D3. The van der Waals surface area contributed by atoms with Crippen LogP contribution in [-0.4, -0.2) is 4.98 Å². The summed E-state index contributed by atoms with van der Waals surface area (Å²) in [6.07, 6.45) is -4.88. The monoisotopic (exact) mass is 180 g/mol.